The summed E-state index contributed by atoms with van der Waals surface area (Å²) < 4.78 is 0. The highest BCUT2D eigenvalue weighted by atomic mass is 14.9. The van der Waals surface area contributed by atoms with Crippen LogP contribution in [0.15, 0.2) is 194 Å². The average Bonchev–Trinajstić information content (AvgIpc) is 3.49. The fourth-order valence-electron chi connectivity index (χ4n) is 9.15. The highest BCUT2D eigenvalue weighted by Crippen LogP contribution is 2.51. The average molecular weight is 727 g/mol. The Labute approximate surface area is 332 Å². The first kappa shape index (κ1) is 33.2. The highest BCUT2D eigenvalue weighted by Gasteiger charge is 2.36. The second kappa shape index (κ2) is 13.0. The fraction of sp³-hybridized carbons (Fsp3) is 0.0545. The SMILES string of the molecule is CC1(C)c2ccc(-c3ccc(-c4nc(-c5ccccc5)cc(-c5cccc(-c6cccc7ccccc67)c5)n4)c4ccccc34)cc2-c2cc3ccccc3cc21. The van der Waals surface area contributed by atoms with Crippen LogP contribution >= 0.6 is 0 Å². The lowest BCUT2D eigenvalue weighted by Crippen LogP contribution is -2.14. The monoisotopic (exact) mass is 726 g/mol. The third-order valence-electron chi connectivity index (χ3n) is 12.1. The third-order valence-corrected chi connectivity index (χ3v) is 12.1. The van der Waals surface area contributed by atoms with E-state index in [2.05, 4.69) is 202 Å². The molecule has 0 aliphatic heterocycles. The van der Waals surface area contributed by atoms with Crippen LogP contribution in [-0.4, -0.2) is 9.97 Å². The molecule has 1 aliphatic carbocycles. The van der Waals surface area contributed by atoms with Crippen molar-refractivity contribution in [1.82, 2.24) is 9.97 Å². The van der Waals surface area contributed by atoms with Gasteiger partial charge in [0.15, 0.2) is 5.82 Å². The van der Waals surface area contributed by atoms with Gasteiger partial charge < -0.3 is 0 Å². The van der Waals surface area contributed by atoms with Gasteiger partial charge in [-0.15, -0.1) is 0 Å². The molecule has 2 nitrogen and oxygen atoms in total. The van der Waals surface area contributed by atoms with E-state index in [9.17, 15) is 0 Å². The van der Waals surface area contributed by atoms with Crippen LogP contribution in [0.3, 0.4) is 0 Å². The van der Waals surface area contributed by atoms with Crippen LogP contribution in [0.5, 0.6) is 0 Å². The maximum Gasteiger partial charge on any atom is 0.161 e. The lowest BCUT2D eigenvalue weighted by molar-refractivity contribution is 0.661. The highest BCUT2D eigenvalue weighted by molar-refractivity contribution is 6.05. The molecule has 0 radical (unpaired) electrons. The molecule has 1 heterocycles. The number of nitrogens with zero attached hydrogens (tertiary/aromatic N) is 2. The van der Waals surface area contributed by atoms with Crippen molar-refractivity contribution in [3.8, 4) is 67.3 Å². The number of benzene rings is 9. The summed E-state index contributed by atoms with van der Waals surface area (Å²) in [6.45, 7) is 4.71. The zero-order valence-corrected chi connectivity index (χ0v) is 31.9. The maximum absolute atomic E-state index is 5.35. The van der Waals surface area contributed by atoms with Crippen molar-refractivity contribution in [2.75, 3.05) is 0 Å². The molecule has 0 unspecified atom stereocenters. The van der Waals surface area contributed by atoms with E-state index in [0.29, 0.717) is 5.82 Å². The van der Waals surface area contributed by atoms with Crippen LogP contribution in [0.1, 0.15) is 25.0 Å². The van der Waals surface area contributed by atoms with E-state index >= 15 is 0 Å². The van der Waals surface area contributed by atoms with Gasteiger partial charge in [0, 0.05) is 22.1 Å². The van der Waals surface area contributed by atoms with Gasteiger partial charge in [-0.25, -0.2) is 9.97 Å². The summed E-state index contributed by atoms with van der Waals surface area (Å²) in [6, 6.07) is 70.2. The van der Waals surface area contributed by atoms with E-state index < -0.39 is 0 Å². The van der Waals surface area contributed by atoms with Crippen LogP contribution in [0, 0.1) is 0 Å². The fourth-order valence-corrected chi connectivity index (χ4v) is 9.15. The second-order valence-corrected chi connectivity index (χ2v) is 15.8. The minimum Gasteiger partial charge on any atom is -0.228 e. The van der Waals surface area contributed by atoms with Crippen molar-refractivity contribution >= 4 is 32.3 Å². The molecule has 2 heteroatoms. The molecule has 57 heavy (non-hydrogen) atoms. The molecule has 1 aromatic heterocycles. The van der Waals surface area contributed by atoms with Gasteiger partial charge in [-0.05, 0) is 113 Å². The van der Waals surface area contributed by atoms with Gasteiger partial charge >= 0.3 is 0 Å². The Hall–Kier alpha value is -7.16. The van der Waals surface area contributed by atoms with Crippen molar-refractivity contribution in [3.63, 3.8) is 0 Å². The van der Waals surface area contributed by atoms with E-state index in [0.717, 1.165) is 39.0 Å². The smallest absolute Gasteiger partial charge is 0.161 e. The van der Waals surface area contributed by atoms with Crippen molar-refractivity contribution in [3.05, 3.63) is 205 Å². The van der Waals surface area contributed by atoms with E-state index in [-0.39, 0.29) is 5.41 Å². The van der Waals surface area contributed by atoms with Crippen LogP contribution < -0.4 is 0 Å². The predicted octanol–water partition coefficient (Wildman–Crippen LogP) is 14.6. The number of hydrogen-bond donors (Lipinski definition) is 0. The Morgan fingerprint density at radius 1 is 0.316 bits per heavy atom. The Balaban J connectivity index is 1.06. The summed E-state index contributed by atoms with van der Waals surface area (Å²) >= 11 is 0. The first-order chi connectivity index (χ1) is 28.0. The number of aromatic nitrogens is 2. The van der Waals surface area contributed by atoms with Gasteiger partial charge in [-0.3, -0.25) is 0 Å². The molecule has 11 rings (SSSR count). The molecule has 1 aliphatic rings. The topological polar surface area (TPSA) is 25.8 Å². The summed E-state index contributed by atoms with van der Waals surface area (Å²) in [4.78, 5) is 10.6. The molecule has 0 fully saturated rings. The minimum absolute atomic E-state index is 0.0770. The van der Waals surface area contributed by atoms with Gasteiger partial charge in [0.1, 0.15) is 0 Å². The Bertz CT molecular complexity index is 3210. The van der Waals surface area contributed by atoms with Gasteiger partial charge in [-0.2, -0.15) is 0 Å². The van der Waals surface area contributed by atoms with Gasteiger partial charge in [0.25, 0.3) is 0 Å². The molecular weight excluding hydrogens is 689 g/mol. The normalized spacial score (nSPS) is 12.9. The van der Waals surface area contributed by atoms with Gasteiger partial charge in [-0.1, -0.05) is 172 Å². The number of hydrogen-bond acceptors (Lipinski definition) is 2. The molecule has 0 N–H and O–H groups in total. The van der Waals surface area contributed by atoms with Crippen molar-refractivity contribution in [2.24, 2.45) is 0 Å². The van der Waals surface area contributed by atoms with E-state index in [1.165, 1.54) is 65.9 Å². The quantitative estimate of drug-likeness (QED) is 0.176. The summed E-state index contributed by atoms with van der Waals surface area (Å²) in [6.07, 6.45) is 0. The van der Waals surface area contributed by atoms with E-state index in [1.807, 2.05) is 6.07 Å². The lowest BCUT2D eigenvalue weighted by atomic mass is 9.81. The first-order valence-electron chi connectivity index (χ1n) is 19.7. The molecule has 0 amide bonds. The van der Waals surface area contributed by atoms with E-state index in [4.69, 9.17) is 9.97 Å². The molecule has 0 saturated heterocycles. The summed E-state index contributed by atoms with van der Waals surface area (Å²) in [7, 11) is 0. The predicted molar refractivity (Wildman–Crippen MR) is 239 cm³/mol. The van der Waals surface area contributed by atoms with Crippen LogP contribution in [0.25, 0.3) is 99.6 Å². The maximum atomic E-state index is 5.35. The molecule has 0 spiro atoms. The summed E-state index contributed by atoms with van der Waals surface area (Å²) in [5.74, 6) is 0.709. The minimum atomic E-state index is -0.0770. The largest absolute Gasteiger partial charge is 0.228 e. The molecule has 0 atom stereocenters. The Kier molecular flexibility index (Phi) is 7.55. The molecule has 0 saturated carbocycles. The summed E-state index contributed by atoms with van der Waals surface area (Å²) in [5, 5.41) is 7.34. The molecule has 9 aromatic carbocycles. The number of rotatable bonds is 5. The van der Waals surface area contributed by atoms with Gasteiger partial charge in [0.2, 0.25) is 0 Å². The van der Waals surface area contributed by atoms with Crippen molar-refractivity contribution in [1.29, 1.82) is 0 Å². The first-order valence-corrected chi connectivity index (χ1v) is 19.7. The van der Waals surface area contributed by atoms with E-state index in [1.54, 1.807) is 0 Å². The third kappa shape index (κ3) is 5.48. The van der Waals surface area contributed by atoms with Crippen molar-refractivity contribution < 1.29 is 0 Å². The van der Waals surface area contributed by atoms with Crippen LogP contribution in [0.2, 0.25) is 0 Å². The van der Waals surface area contributed by atoms with Crippen LogP contribution in [0.4, 0.5) is 0 Å². The van der Waals surface area contributed by atoms with Crippen molar-refractivity contribution in [2.45, 2.75) is 19.3 Å². The number of fused-ring (bicyclic) bond motifs is 6. The molecule has 268 valence electrons. The van der Waals surface area contributed by atoms with Gasteiger partial charge in [0.05, 0.1) is 11.4 Å². The van der Waals surface area contributed by atoms with Crippen LogP contribution in [-0.2, 0) is 5.41 Å². The Morgan fingerprint density at radius 3 is 1.67 bits per heavy atom. The molecular formula is C55H38N2. The standard InChI is InChI=1S/C55H38N2/c1-55(2)50-29-26-40(32-48(50)49-31-37-17-6-7-18-38(37)33-51(49)55)44-27-28-47(46-24-11-10-23-45(44)46)54-56-52(36-15-4-3-5-16-36)34-53(57-54)41-21-12-20-39(30-41)43-25-13-19-35-14-8-9-22-42(35)43/h3-34H,1-2H3. The molecule has 10 aromatic rings. The zero-order chi connectivity index (χ0) is 38.1. The second-order valence-electron chi connectivity index (χ2n) is 15.8. The zero-order valence-electron chi connectivity index (χ0n) is 31.9. The lowest BCUT2D eigenvalue weighted by Gasteiger charge is -2.22. The summed E-state index contributed by atoms with van der Waals surface area (Å²) in [5.41, 5.74) is 15.0. The Morgan fingerprint density at radius 2 is 0.860 bits per heavy atom. The molecule has 0 bridgehead atoms.